The number of nitriles is 1. The van der Waals surface area contributed by atoms with Crippen LogP contribution in [0.4, 0.5) is 34.1 Å². The molecule has 0 fully saturated rings. The summed E-state index contributed by atoms with van der Waals surface area (Å²) < 4.78 is 2.27. The molecule has 0 bridgehead atoms. The molecule has 7 aromatic rings. The quantitative estimate of drug-likeness (QED) is 0.0572. The maximum atomic E-state index is 11.9. The molecular weight excluding hydrogens is 801 g/mol. The molecule has 8 heteroatoms. The highest BCUT2D eigenvalue weighted by Gasteiger charge is 2.48. The van der Waals surface area contributed by atoms with Crippen LogP contribution in [0.25, 0.3) is 21.5 Å². The summed E-state index contributed by atoms with van der Waals surface area (Å²) >= 11 is 0. The molecule has 0 saturated heterocycles. The maximum Gasteiger partial charge on any atom is 0.305 e. The molecule has 0 amide bonds. The molecule has 1 atom stereocenters. The fourth-order valence-corrected chi connectivity index (χ4v) is 9.92. The summed E-state index contributed by atoms with van der Waals surface area (Å²) in [6.07, 6.45) is 8.64. The highest BCUT2D eigenvalue weighted by Crippen LogP contribution is 2.51. The lowest BCUT2D eigenvalue weighted by atomic mass is 9.73. The maximum absolute atomic E-state index is 11.9. The number of fused-ring (bicyclic) bond motifs is 6. The molecule has 0 saturated carbocycles. The minimum Gasteiger partial charge on any atom is -0.481 e. The van der Waals surface area contributed by atoms with Crippen molar-refractivity contribution in [2.45, 2.75) is 44.4 Å². The van der Waals surface area contributed by atoms with Crippen LogP contribution in [0.3, 0.4) is 0 Å². The predicted molar refractivity (Wildman–Crippen MR) is 265 cm³/mol. The van der Waals surface area contributed by atoms with Gasteiger partial charge >= 0.3 is 5.97 Å². The molecule has 2 aliphatic heterocycles. The van der Waals surface area contributed by atoms with Gasteiger partial charge in [0.2, 0.25) is 5.69 Å². The second-order valence-corrected chi connectivity index (χ2v) is 17.6. The first-order valence-electron chi connectivity index (χ1n) is 22.0. The SMILES string of the molecule is CN(c1ccc(CC2(C)C(/C=C/C(C#N)=C/C=C3/N(CCC(=O)O)c4ccc5ccccc5c4C3(C)C)=[N+](C)c3ccc4ccccc4c32)cc1)c1ccc(/N=N/c2ccccc2)cc1. The molecule has 1 N–H and O–H groups in total. The van der Waals surface area contributed by atoms with Crippen LogP contribution in [0.15, 0.2) is 197 Å². The highest BCUT2D eigenvalue weighted by molar-refractivity contribution is 6.08. The van der Waals surface area contributed by atoms with Gasteiger partial charge < -0.3 is 14.9 Å². The first-order chi connectivity index (χ1) is 31.5. The van der Waals surface area contributed by atoms with E-state index in [0.29, 0.717) is 12.1 Å². The van der Waals surface area contributed by atoms with E-state index in [1.807, 2.05) is 72.8 Å². The first-order valence-corrected chi connectivity index (χ1v) is 22.0. The topological polar surface area (TPSA) is 95.3 Å². The van der Waals surface area contributed by atoms with Crippen LogP contribution in [0, 0.1) is 11.3 Å². The molecule has 0 radical (unpaired) electrons. The summed E-state index contributed by atoms with van der Waals surface area (Å²) in [5.41, 5.74) is 11.1. The monoisotopic (exact) mass is 851 g/mol. The number of azo groups is 1. The number of hydrogen-bond donors (Lipinski definition) is 1. The Morgan fingerprint density at radius 2 is 1.34 bits per heavy atom. The first kappa shape index (κ1) is 42.4. The number of rotatable bonds is 12. The molecule has 65 heavy (non-hydrogen) atoms. The van der Waals surface area contributed by atoms with E-state index in [0.717, 1.165) is 68.3 Å². The van der Waals surface area contributed by atoms with Gasteiger partial charge in [-0.1, -0.05) is 98.8 Å². The van der Waals surface area contributed by atoms with E-state index in [-0.39, 0.29) is 6.42 Å². The number of anilines is 3. The number of nitrogens with zero attached hydrogens (tertiary/aromatic N) is 6. The lowest BCUT2D eigenvalue weighted by Gasteiger charge is -2.26. The molecule has 0 spiro atoms. The fourth-order valence-electron chi connectivity index (χ4n) is 9.92. The summed E-state index contributed by atoms with van der Waals surface area (Å²) in [7, 11) is 4.19. The summed E-state index contributed by atoms with van der Waals surface area (Å²) in [6, 6.07) is 54.5. The molecule has 9 rings (SSSR count). The van der Waals surface area contributed by atoms with Crippen molar-refractivity contribution < 1.29 is 14.5 Å². The van der Waals surface area contributed by atoms with Crippen LogP contribution >= 0.6 is 0 Å². The number of benzene rings is 7. The molecule has 320 valence electrons. The van der Waals surface area contributed by atoms with Gasteiger partial charge in [0.25, 0.3) is 0 Å². The fraction of sp³-hybridized carbons (Fsp3) is 0.175. The van der Waals surface area contributed by atoms with Crippen LogP contribution in [0.5, 0.6) is 0 Å². The molecule has 2 heterocycles. The van der Waals surface area contributed by atoms with Gasteiger partial charge in [0, 0.05) is 59.5 Å². The van der Waals surface area contributed by atoms with Gasteiger partial charge in [-0.05, 0) is 125 Å². The zero-order valence-electron chi connectivity index (χ0n) is 37.4. The number of carboxylic acid groups (broad SMARTS) is 1. The average molecular weight is 852 g/mol. The van der Waals surface area contributed by atoms with Crippen LogP contribution in [0.1, 0.15) is 43.9 Å². The van der Waals surface area contributed by atoms with E-state index < -0.39 is 16.8 Å². The van der Waals surface area contributed by atoms with Gasteiger partial charge in [-0.25, -0.2) is 0 Å². The van der Waals surface area contributed by atoms with Crippen LogP contribution < -0.4 is 9.80 Å². The zero-order valence-corrected chi connectivity index (χ0v) is 37.4. The lowest BCUT2D eigenvalue weighted by Crippen LogP contribution is -2.33. The highest BCUT2D eigenvalue weighted by atomic mass is 16.4. The molecule has 7 aromatic carbocycles. The molecule has 2 aliphatic rings. The van der Waals surface area contributed by atoms with Gasteiger partial charge in [0.1, 0.15) is 7.05 Å². The smallest absolute Gasteiger partial charge is 0.305 e. The number of carboxylic acids is 1. The van der Waals surface area contributed by atoms with Gasteiger partial charge in [0.15, 0.2) is 5.71 Å². The zero-order chi connectivity index (χ0) is 45.3. The third kappa shape index (κ3) is 8.02. The molecule has 1 unspecified atom stereocenters. The predicted octanol–water partition coefficient (Wildman–Crippen LogP) is 13.6. The normalized spacial score (nSPS) is 17.4. The van der Waals surface area contributed by atoms with E-state index in [9.17, 15) is 15.2 Å². The van der Waals surface area contributed by atoms with Gasteiger partial charge in [0.05, 0.1) is 34.9 Å². The lowest BCUT2D eigenvalue weighted by molar-refractivity contribution is -0.401. The third-order valence-electron chi connectivity index (χ3n) is 13.2. The Labute approximate surface area is 380 Å². The number of carbonyl (C=O) groups is 1. The third-order valence-corrected chi connectivity index (χ3v) is 13.2. The Morgan fingerprint density at radius 3 is 1.98 bits per heavy atom. The van der Waals surface area contributed by atoms with Crippen molar-refractivity contribution in [1.29, 1.82) is 5.26 Å². The van der Waals surface area contributed by atoms with Crippen molar-refractivity contribution in [3.63, 3.8) is 0 Å². The summed E-state index contributed by atoms with van der Waals surface area (Å²) in [6.45, 7) is 7.00. The van der Waals surface area contributed by atoms with Crippen molar-refractivity contribution in [3.05, 3.63) is 204 Å². The van der Waals surface area contributed by atoms with Crippen molar-refractivity contribution in [2.75, 3.05) is 30.4 Å². The Kier molecular flexibility index (Phi) is 11.3. The average Bonchev–Trinajstić information content (AvgIpc) is 3.68. The second-order valence-electron chi connectivity index (χ2n) is 17.6. The van der Waals surface area contributed by atoms with E-state index in [2.05, 4.69) is 169 Å². The van der Waals surface area contributed by atoms with E-state index in [4.69, 9.17) is 0 Å². The second kappa shape index (κ2) is 17.3. The summed E-state index contributed by atoms with van der Waals surface area (Å²) in [5.74, 6) is -0.851. The summed E-state index contributed by atoms with van der Waals surface area (Å²) in [4.78, 5) is 16.1. The van der Waals surface area contributed by atoms with Gasteiger partial charge in [-0.3, -0.25) is 4.79 Å². The van der Waals surface area contributed by atoms with Gasteiger partial charge in [-0.2, -0.15) is 20.1 Å². The minimum atomic E-state index is -0.851. The Hall–Kier alpha value is -7.89. The van der Waals surface area contributed by atoms with Crippen molar-refractivity contribution >= 4 is 67.4 Å². The number of allylic oxidation sites excluding steroid dienone is 6. The number of hydrogen-bond acceptors (Lipinski definition) is 6. The summed E-state index contributed by atoms with van der Waals surface area (Å²) in [5, 5.41) is 33.8. The largest absolute Gasteiger partial charge is 0.481 e. The van der Waals surface area contributed by atoms with Crippen LogP contribution in [0.2, 0.25) is 0 Å². The number of aliphatic carboxylic acids is 1. The molecule has 0 aliphatic carbocycles. The minimum absolute atomic E-state index is 0.00988. The van der Waals surface area contributed by atoms with E-state index in [1.165, 1.54) is 21.9 Å². The standard InChI is InChI=1S/C57H50N6O2/c1-56(2)51(63(36-35-53(64)65)50-32-24-41-13-9-11-17-47(41)54(50)56)33-21-40(38-58)22-34-52-57(3,55-48-18-12-10-14-42(48)23-31-49(55)62(52)5)37-39-19-27-45(28-20-39)61(4)46-29-25-44(26-30-46)60-59-43-15-7-6-8-16-43/h6-34H,35-37H2,1-5H3/p+1/b60-59+. The van der Waals surface area contributed by atoms with Crippen molar-refractivity contribution in [2.24, 2.45) is 10.2 Å². The molecule has 0 aromatic heterocycles. The molecular formula is C57H51N6O2+. The Bertz CT molecular complexity index is 3170. The van der Waals surface area contributed by atoms with E-state index in [1.54, 1.807) is 0 Å². The van der Waals surface area contributed by atoms with Crippen LogP contribution in [-0.4, -0.2) is 42.0 Å². The van der Waals surface area contributed by atoms with E-state index >= 15 is 0 Å². The molecule has 8 nitrogen and oxygen atoms in total. The Balaban J connectivity index is 1.02. The van der Waals surface area contributed by atoms with Crippen molar-refractivity contribution in [1.82, 2.24) is 0 Å². The van der Waals surface area contributed by atoms with Crippen molar-refractivity contribution in [3.8, 4) is 6.07 Å². The van der Waals surface area contributed by atoms with Crippen LogP contribution in [-0.2, 0) is 22.0 Å². The Morgan fingerprint density at radius 1 is 0.754 bits per heavy atom. The van der Waals surface area contributed by atoms with Gasteiger partial charge in [-0.15, -0.1) is 0 Å².